The normalized spacial score (nSPS) is 16.9. The lowest BCUT2D eigenvalue weighted by atomic mass is 10.1. The summed E-state index contributed by atoms with van der Waals surface area (Å²) in [5.41, 5.74) is 0.912. The molecule has 162 valence electrons. The molecule has 0 saturated carbocycles. The minimum Gasteiger partial charge on any atom is -0.496 e. The molecule has 0 radical (unpaired) electrons. The lowest BCUT2D eigenvalue weighted by Gasteiger charge is -2.22. The first-order valence-electron chi connectivity index (χ1n) is 9.28. The highest BCUT2D eigenvalue weighted by Crippen LogP contribution is 2.25. The molecule has 2 heterocycles. The Morgan fingerprint density at radius 3 is 2.70 bits per heavy atom. The summed E-state index contributed by atoms with van der Waals surface area (Å²) >= 11 is 1.11. The molecule has 3 rings (SSSR count). The SMILES string of the molecule is COc1ccccc1CCNC(=O)C(=O)NC[C@H]1OCCN1S(=O)(=O)c1cccs1. The molecule has 9 nitrogen and oxygen atoms in total. The van der Waals surface area contributed by atoms with E-state index in [9.17, 15) is 18.0 Å². The van der Waals surface area contributed by atoms with Gasteiger partial charge in [0.05, 0.1) is 20.3 Å². The maximum Gasteiger partial charge on any atom is 0.309 e. The molecule has 1 saturated heterocycles. The molecular formula is C19H23N3O6S2. The molecule has 11 heteroatoms. The van der Waals surface area contributed by atoms with Crippen LogP contribution in [0.1, 0.15) is 5.56 Å². The van der Waals surface area contributed by atoms with Gasteiger partial charge in [0.2, 0.25) is 0 Å². The van der Waals surface area contributed by atoms with E-state index in [1.165, 1.54) is 10.4 Å². The van der Waals surface area contributed by atoms with E-state index in [1.807, 2.05) is 24.3 Å². The highest BCUT2D eigenvalue weighted by molar-refractivity contribution is 7.91. The van der Waals surface area contributed by atoms with E-state index in [0.29, 0.717) is 12.2 Å². The average Bonchev–Trinajstić information content (AvgIpc) is 3.44. The summed E-state index contributed by atoms with van der Waals surface area (Å²) in [4.78, 5) is 24.1. The van der Waals surface area contributed by atoms with Crippen LogP contribution in [0.25, 0.3) is 0 Å². The zero-order valence-corrected chi connectivity index (χ0v) is 18.0. The maximum absolute atomic E-state index is 12.7. The predicted octanol–water partition coefficient (Wildman–Crippen LogP) is 0.579. The van der Waals surface area contributed by atoms with Crippen molar-refractivity contribution in [3.63, 3.8) is 0 Å². The van der Waals surface area contributed by atoms with Crippen LogP contribution in [0.2, 0.25) is 0 Å². The fraction of sp³-hybridized carbons (Fsp3) is 0.368. The number of carbonyl (C=O) groups excluding carboxylic acids is 2. The topological polar surface area (TPSA) is 114 Å². The number of nitrogens with zero attached hydrogens (tertiary/aromatic N) is 1. The molecule has 1 aromatic carbocycles. The van der Waals surface area contributed by atoms with Crippen molar-refractivity contribution in [1.82, 2.24) is 14.9 Å². The van der Waals surface area contributed by atoms with Crippen molar-refractivity contribution >= 4 is 33.2 Å². The van der Waals surface area contributed by atoms with Crippen molar-refractivity contribution in [2.75, 3.05) is 33.4 Å². The summed E-state index contributed by atoms with van der Waals surface area (Å²) in [7, 11) is -2.13. The van der Waals surface area contributed by atoms with Gasteiger partial charge in [-0.15, -0.1) is 11.3 Å². The Kier molecular flexibility index (Phi) is 7.43. The minimum atomic E-state index is -3.70. The monoisotopic (exact) mass is 453 g/mol. The highest BCUT2D eigenvalue weighted by Gasteiger charge is 2.37. The molecule has 2 aromatic rings. The summed E-state index contributed by atoms with van der Waals surface area (Å²) in [6, 6.07) is 10.6. The molecule has 30 heavy (non-hydrogen) atoms. The molecule has 1 aliphatic heterocycles. The molecule has 0 aliphatic carbocycles. The Bertz CT molecular complexity index is 978. The first-order chi connectivity index (χ1) is 14.4. The van der Waals surface area contributed by atoms with Crippen LogP contribution in [0.4, 0.5) is 0 Å². The number of methoxy groups -OCH3 is 1. The third-order valence-corrected chi connectivity index (χ3v) is 7.78. The zero-order valence-electron chi connectivity index (χ0n) is 16.4. The second-order valence-electron chi connectivity index (χ2n) is 6.40. The number of hydrogen-bond acceptors (Lipinski definition) is 7. The van der Waals surface area contributed by atoms with Crippen molar-refractivity contribution < 1.29 is 27.5 Å². The molecule has 1 atom stereocenters. The number of rotatable bonds is 8. The fourth-order valence-electron chi connectivity index (χ4n) is 3.03. The number of benzene rings is 1. The quantitative estimate of drug-likeness (QED) is 0.565. The molecule has 0 spiro atoms. The number of ether oxygens (including phenoxy) is 2. The Morgan fingerprint density at radius 1 is 1.20 bits per heavy atom. The van der Waals surface area contributed by atoms with Crippen LogP contribution in [-0.4, -0.2) is 64.1 Å². The van der Waals surface area contributed by atoms with Gasteiger partial charge >= 0.3 is 11.8 Å². The lowest BCUT2D eigenvalue weighted by molar-refractivity contribution is -0.139. The molecule has 2 N–H and O–H groups in total. The van der Waals surface area contributed by atoms with Crippen molar-refractivity contribution in [3.05, 3.63) is 47.3 Å². The Hall–Kier alpha value is -2.47. The Balaban J connectivity index is 1.48. The third-order valence-electron chi connectivity index (χ3n) is 4.52. The number of hydrogen-bond donors (Lipinski definition) is 2. The van der Waals surface area contributed by atoms with Gasteiger partial charge in [-0.3, -0.25) is 9.59 Å². The van der Waals surface area contributed by atoms with Crippen LogP contribution in [0.15, 0.2) is 46.0 Å². The van der Waals surface area contributed by atoms with Crippen LogP contribution in [0.3, 0.4) is 0 Å². The smallest absolute Gasteiger partial charge is 0.309 e. The molecule has 1 aromatic heterocycles. The summed E-state index contributed by atoms with van der Waals surface area (Å²) < 4.78 is 37.4. The Labute approximate surface area is 179 Å². The second-order valence-corrected chi connectivity index (χ2v) is 9.47. The van der Waals surface area contributed by atoms with Gasteiger partial charge in [0.1, 0.15) is 16.2 Å². The summed E-state index contributed by atoms with van der Waals surface area (Å²) in [6.07, 6.45) is -0.357. The summed E-state index contributed by atoms with van der Waals surface area (Å²) in [5.74, 6) is -0.934. The van der Waals surface area contributed by atoms with Gasteiger partial charge in [0.25, 0.3) is 10.0 Å². The highest BCUT2D eigenvalue weighted by atomic mass is 32.2. The van der Waals surface area contributed by atoms with Crippen molar-refractivity contribution in [2.24, 2.45) is 0 Å². The molecule has 2 amide bonds. The predicted molar refractivity (Wildman–Crippen MR) is 111 cm³/mol. The average molecular weight is 454 g/mol. The number of nitrogens with one attached hydrogen (secondary N) is 2. The molecular weight excluding hydrogens is 430 g/mol. The van der Waals surface area contributed by atoms with Gasteiger partial charge in [-0.1, -0.05) is 24.3 Å². The van der Waals surface area contributed by atoms with Gasteiger partial charge in [-0.25, -0.2) is 8.42 Å². The number of amides is 2. The molecule has 0 unspecified atom stereocenters. The minimum absolute atomic E-state index is 0.122. The lowest BCUT2D eigenvalue weighted by Crippen LogP contribution is -2.47. The van der Waals surface area contributed by atoms with Gasteiger partial charge in [-0.2, -0.15) is 4.31 Å². The largest absolute Gasteiger partial charge is 0.496 e. The van der Waals surface area contributed by atoms with Crippen LogP contribution < -0.4 is 15.4 Å². The second kappa shape index (κ2) is 10.0. The third kappa shape index (κ3) is 5.17. The van der Waals surface area contributed by atoms with Crippen LogP contribution in [0.5, 0.6) is 5.75 Å². The molecule has 0 bridgehead atoms. The van der Waals surface area contributed by atoms with Crippen LogP contribution in [0, 0.1) is 0 Å². The van der Waals surface area contributed by atoms with Crippen LogP contribution >= 0.6 is 11.3 Å². The first-order valence-corrected chi connectivity index (χ1v) is 11.6. The van der Waals surface area contributed by atoms with E-state index in [0.717, 1.165) is 16.9 Å². The fourth-order valence-corrected chi connectivity index (χ4v) is 5.66. The number of thiophene rings is 1. The maximum atomic E-state index is 12.7. The van der Waals surface area contributed by atoms with E-state index in [2.05, 4.69) is 10.6 Å². The number of sulfonamides is 1. The summed E-state index contributed by atoms with van der Waals surface area (Å²) in [6.45, 7) is 0.539. The molecule has 1 fully saturated rings. The van der Waals surface area contributed by atoms with Gasteiger partial charge < -0.3 is 20.1 Å². The van der Waals surface area contributed by atoms with E-state index in [4.69, 9.17) is 9.47 Å². The van der Waals surface area contributed by atoms with Crippen molar-refractivity contribution in [3.8, 4) is 5.75 Å². The van der Waals surface area contributed by atoms with Gasteiger partial charge in [-0.05, 0) is 29.5 Å². The van der Waals surface area contributed by atoms with E-state index >= 15 is 0 Å². The molecule has 1 aliphatic rings. The standard InChI is InChI=1S/C19H23N3O6S2/c1-27-15-6-3-2-5-14(15)8-9-20-18(23)19(24)21-13-16-22(10-11-28-16)30(25,26)17-7-4-12-29-17/h2-7,12,16H,8-11,13H2,1H3,(H,20,23)(H,21,24)/t16-/m1/s1. The van der Waals surface area contributed by atoms with E-state index in [1.54, 1.807) is 18.6 Å². The van der Waals surface area contributed by atoms with E-state index < -0.39 is 28.1 Å². The number of carbonyl (C=O) groups is 2. The van der Waals surface area contributed by atoms with Crippen molar-refractivity contribution in [1.29, 1.82) is 0 Å². The zero-order chi connectivity index (χ0) is 21.6. The number of para-hydroxylation sites is 1. The first kappa shape index (κ1) is 22.2. The van der Waals surface area contributed by atoms with Gasteiger partial charge in [0.15, 0.2) is 0 Å². The van der Waals surface area contributed by atoms with Crippen LogP contribution in [-0.2, 0) is 30.8 Å². The van der Waals surface area contributed by atoms with Crippen molar-refractivity contribution in [2.45, 2.75) is 16.9 Å². The van der Waals surface area contributed by atoms with E-state index in [-0.39, 0.29) is 30.5 Å². The Morgan fingerprint density at radius 2 is 1.97 bits per heavy atom. The summed E-state index contributed by atoms with van der Waals surface area (Å²) in [5, 5.41) is 6.66. The van der Waals surface area contributed by atoms with Gasteiger partial charge in [0, 0.05) is 13.1 Å².